The van der Waals surface area contributed by atoms with Crippen molar-refractivity contribution in [3.63, 3.8) is 0 Å². The van der Waals surface area contributed by atoms with E-state index in [-0.39, 0.29) is 5.75 Å². The fourth-order valence-corrected chi connectivity index (χ4v) is 2.49. The van der Waals surface area contributed by atoms with Gasteiger partial charge in [0.05, 0.1) is 18.4 Å². The molecule has 1 aromatic carbocycles. The van der Waals surface area contributed by atoms with E-state index in [0.717, 1.165) is 18.2 Å². The molecular weight excluding hydrogens is 315 g/mol. The van der Waals surface area contributed by atoms with Crippen LogP contribution in [0, 0.1) is 0 Å². The lowest BCUT2D eigenvalue weighted by Gasteiger charge is -2.10. The van der Waals surface area contributed by atoms with Crippen molar-refractivity contribution in [2.24, 2.45) is 0 Å². The number of alkyl halides is 3. The molecule has 2 N–H and O–H groups in total. The van der Waals surface area contributed by atoms with E-state index in [1.165, 1.54) is 7.11 Å². The largest absolute Gasteiger partial charge is 0.496 e. The summed E-state index contributed by atoms with van der Waals surface area (Å²) in [5.41, 5.74) is -0.406. The molecule has 0 aliphatic rings. The molecular formula is C11H12F3NO5S. The van der Waals surface area contributed by atoms with Crippen molar-refractivity contribution in [2.75, 3.05) is 13.7 Å². The molecule has 0 spiro atoms. The molecule has 1 rings (SSSR count). The maximum atomic E-state index is 12.0. The molecule has 0 saturated carbocycles. The fraction of sp³-hybridized carbons (Fsp3) is 0.364. The molecule has 0 aliphatic carbocycles. The molecule has 0 aliphatic heterocycles. The van der Waals surface area contributed by atoms with Crippen LogP contribution in [0.3, 0.4) is 0 Å². The lowest BCUT2D eigenvalue weighted by molar-refractivity contribution is -0.132. The number of aromatic carboxylic acids is 1. The van der Waals surface area contributed by atoms with Gasteiger partial charge in [-0.25, -0.2) is 17.9 Å². The van der Waals surface area contributed by atoms with E-state index in [4.69, 9.17) is 9.84 Å². The first-order valence-electron chi connectivity index (χ1n) is 5.54. The maximum absolute atomic E-state index is 12.0. The van der Waals surface area contributed by atoms with Gasteiger partial charge in [0.1, 0.15) is 11.3 Å². The number of rotatable bonds is 6. The van der Waals surface area contributed by atoms with E-state index < -0.39 is 45.6 Å². The van der Waals surface area contributed by atoms with E-state index in [9.17, 15) is 26.4 Å². The van der Waals surface area contributed by atoms with Gasteiger partial charge >= 0.3 is 12.1 Å². The number of carboxylic acids is 1. The highest BCUT2D eigenvalue weighted by Gasteiger charge is 2.28. The van der Waals surface area contributed by atoms with Gasteiger partial charge in [-0.2, -0.15) is 13.2 Å². The Morgan fingerprint density at radius 3 is 2.48 bits per heavy atom. The highest BCUT2D eigenvalue weighted by Crippen LogP contribution is 2.23. The van der Waals surface area contributed by atoms with E-state index >= 15 is 0 Å². The zero-order valence-corrected chi connectivity index (χ0v) is 11.6. The Kier molecular flexibility index (Phi) is 5.18. The molecule has 0 unspecified atom stereocenters. The molecule has 0 saturated heterocycles. The Morgan fingerprint density at radius 1 is 1.38 bits per heavy atom. The summed E-state index contributed by atoms with van der Waals surface area (Å²) in [7, 11) is -3.03. The van der Waals surface area contributed by atoms with Gasteiger partial charge in [-0.1, -0.05) is 0 Å². The van der Waals surface area contributed by atoms with Crippen molar-refractivity contribution in [3.05, 3.63) is 23.8 Å². The second kappa shape index (κ2) is 6.31. The second-order valence-corrected chi connectivity index (χ2v) is 5.70. The number of nitrogens with one attached hydrogen (secondary N) is 1. The third kappa shape index (κ3) is 4.90. The van der Waals surface area contributed by atoms with Crippen LogP contribution in [0.25, 0.3) is 0 Å². The quantitative estimate of drug-likeness (QED) is 0.828. The minimum atomic E-state index is -4.49. The average Bonchev–Trinajstić information content (AvgIpc) is 2.35. The lowest BCUT2D eigenvalue weighted by Crippen LogP contribution is -2.28. The monoisotopic (exact) mass is 327 g/mol. The predicted octanol–water partition coefficient (Wildman–Crippen LogP) is 1.62. The van der Waals surface area contributed by atoms with Crippen molar-refractivity contribution in [1.82, 2.24) is 4.72 Å². The van der Waals surface area contributed by atoms with Crippen LogP contribution in [0.4, 0.5) is 13.2 Å². The first kappa shape index (κ1) is 17.2. The van der Waals surface area contributed by atoms with Crippen LogP contribution in [0.15, 0.2) is 23.1 Å². The fourth-order valence-electron chi connectivity index (χ4n) is 1.43. The minimum Gasteiger partial charge on any atom is -0.496 e. The van der Waals surface area contributed by atoms with E-state index in [1.54, 1.807) is 4.72 Å². The third-order valence-corrected chi connectivity index (χ3v) is 3.87. The number of halogens is 3. The van der Waals surface area contributed by atoms with E-state index in [2.05, 4.69) is 0 Å². The third-order valence-electron chi connectivity index (χ3n) is 2.41. The Hall–Kier alpha value is -1.81. The van der Waals surface area contributed by atoms with Crippen LogP contribution < -0.4 is 9.46 Å². The van der Waals surface area contributed by atoms with E-state index in [1.807, 2.05) is 0 Å². The summed E-state index contributed by atoms with van der Waals surface area (Å²) in [5, 5.41) is 8.93. The number of ether oxygens (including phenoxy) is 1. The Labute approximate surface area is 118 Å². The minimum absolute atomic E-state index is 0.0586. The van der Waals surface area contributed by atoms with Gasteiger partial charge in [0.25, 0.3) is 0 Å². The number of methoxy groups -OCH3 is 1. The van der Waals surface area contributed by atoms with Crippen LogP contribution in [-0.4, -0.2) is 39.3 Å². The maximum Gasteiger partial charge on any atom is 0.390 e. The number of carbonyl (C=O) groups is 1. The molecule has 0 radical (unpaired) electrons. The van der Waals surface area contributed by atoms with Crippen molar-refractivity contribution in [3.8, 4) is 5.75 Å². The van der Waals surface area contributed by atoms with Crippen LogP contribution in [-0.2, 0) is 10.0 Å². The van der Waals surface area contributed by atoms with Crippen LogP contribution in [0.2, 0.25) is 0 Å². The second-order valence-electron chi connectivity index (χ2n) is 3.93. The number of sulfonamides is 1. The Morgan fingerprint density at radius 2 is 2.00 bits per heavy atom. The molecule has 0 amide bonds. The summed E-state index contributed by atoms with van der Waals surface area (Å²) >= 11 is 0. The predicted molar refractivity (Wildman–Crippen MR) is 65.8 cm³/mol. The molecule has 0 fully saturated rings. The first-order chi connectivity index (χ1) is 9.57. The van der Waals surface area contributed by atoms with Crippen molar-refractivity contribution in [2.45, 2.75) is 17.5 Å². The molecule has 10 heteroatoms. The van der Waals surface area contributed by atoms with Crippen LogP contribution in [0.5, 0.6) is 5.75 Å². The number of benzene rings is 1. The summed E-state index contributed by atoms with van der Waals surface area (Å²) in [5.74, 6) is -1.48. The normalized spacial score (nSPS) is 12.2. The molecule has 21 heavy (non-hydrogen) atoms. The van der Waals surface area contributed by atoms with Crippen molar-refractivity contribution < 1.29 is 36.2 Å². The van der Waals surface area contributed by atoms with Crippen molar-refractivity contribution in [1.29, 1.82) is 0 Å². The van der Waals surface area contributed by atoms with E-state index in [0.29, 0.717) is 0 Å². The van der Waals surface area contributed by atoms with Gasteiger partial charge in [0.15, 0.2) is 0 Å². The van der Waals surface area contributed by atoms with Crippen LogP contribution >= 0.6 is 0 Å². The average molecular weight is 327 g/mol. The van der Waals surface area contributed by atoms with Gasteiger partial charge in [0.2, 0.25) is 10.0 Å². The molecule has 1 aromatic rings. The SMILES string of the molecule is COc1ccc(S(=O)(=O)NCCC(F)(F)F)cc1C(=O)O. The Balaban J connectivity index is 2.99. The van der Waals surface area contributed by atoms with Gasteiger partial charge in [0, 0.05) is 6.54 Å². The smallest absolute Gasteiger partial charge is 0.390 e. The number of carboxylic acid groups (broad SMARTS) is 1. The van der Waals surface area contributed by atoms with Crippen LogP contribution in [0.1, 0.15) is 16.8 Å². The standard InChI is InChI=1S/C11H12F3NO5S/c1-20-9-3-2-7(6-8(9)10(16)17)21(18,19)15-5-4-11(12,13)14/h2-3,6,15H,4-5H2,1H3,(H,16,17). The summed E-state index contributed by atoms with van der Waals surface area (Å²) in [6.07, 6.45) is -5.82. The van der Waals surface area contributed by atoms with Gasteiger partial charge in [-0.15, -0.1) is 0 Å². The molecule has 0 atom stereocenters. The van der Waals surface area contributed by atoms with Gasteiger partial charge in [-0.3, -0.25) is 0 Å². The molecule has 0 bridgehead atoms. The molecule has 118 valence electrons. The van der Waals surface area contributed by atoms with Gasteiger partial charge < -0.3 is 9.84 Å². The zero-order chi connectivity index (χ0) is 16.3. The number of hydrogen-bond acceptors (Lipinski definition) is 4. The molecule has 0 aromatic heterocycles. The highest BCUT2D eigenvalue weighted by atomic mass is 32.2. The summed E-state index contributed by atoms with van der Waals surface area (Å²) in [6.45, 7) is -0.833. The number of hydrogen-bond donors (Lipinski definition) is 2. The molecule has 0 heterocycles. The molecule has 6 nitrogen and oxygen atoms in total. The lowest BCUT2D eigenvalue weighted by atomic mass is 10.2. The highest BCUT2D eigenvalue weighted by molar-refractivity contribution is 7.89. The first-order valence-corrected chi connectivity index (χ1v) is 7.03. The summed E-state index contributed by atoms with van der Waals surface area (Å²) in [4.78, 5) is 10.5. The summed E-state index contributed by atoms with van der Waals surface area (Å²) in [6, 6.07) is 2.97. The zero-order valence-electron chi connectivity index (χ0n) is 10.8. The van der Waals surface area contributed by atoms with Crippen molar-refractivity contribution >= 4 is 16.0 Å². The topological polar surface area (TPSA) is 92.7 Å². The summed E-state index contributed by atoms with van der Waals surface area (Å²) < 4.78 is 66.0. The van der Waals surface area contributed by atoms with Gasteiger partial charge in [-0.05, 0) is 18.2 Å². The Bertz CT molecular complexity index is 627.